The SMILES string of the molecule is CCCN(CC)c1ccc(-n2cc3c(n2)CN(c2ncco2)C3=O)cn1. The first-order valence-electron chi connectivity index (χ1n) is 8.72. The Hall–Kier alpha value is -3.16. The van der Waals surface area contributed by atoms with Gasteiger partial charge in [0.1, 0.15) is 12.1 Å². The summed E-state index contributed by atoms with van der Waals surface area (Å²) in [7, 11) is 0. The number of rotatable bonds is 6. The molecule has 0 atom stereocenters. The van der Waals surface area contributed by atoms with Crippen molar-refractivity contribution in [2.45, 2.75) is 26.8 Å². The van der Waals surface area contributed by atoms with Crippen molar-refractivity contribution in [3.63, 3.8) is 0 Å². The summed E-state index contributed by atoms with van der Waals surface area (Å²) in [5, 5.41) is 4.53. The molecule has 4 rings (SSSR count). The molecule has 8 nitrogen and oxygen atoms in total. The molecular formula is C18H20N6O2. The van der Waals surface area contributed by atoms with Gasteiger partial charge in [0.2, 0.25) is 0 Å². The van der Waals surface area contributed by atoms with Gasteiger partial charge in [-0.05, 0) is 25.5 Å². The molecule has 0 aromatic carbocycles. The Kier molecular flexibility index (Phi) is 4.16. The van der Waals surface area contributed by atoms with Crippen molar-refractivity contribution in [2.75, 3.05) is 22.9 Å². The number of oxazole rings is 1. The standard InChI is InChI=1S/C18H20N6O2/c1-3-8-22(4-2)16-6-5-13(10-20-16)24-11-14-15(21-24)12-23(17(14)25)18-19-7-9-26-18/h5-7,9-11H,3-4,8,12H2,1-2H3. The first-order valence-corrected chi connectivity index (χ1v) is 8.72. The number of hydrogen-bond donors (Lipinski definition) is 0. The molecule has 0 aliphatic carbocycles. The predicted octanol–water partition coefficient (Wildman–Crippen LogP) is 2.65. The molecule has 0 bridgehead atoms. The van der Waals surface area contributed by atoms with Gasteiger partial charge < -0.3 is 9.32 Å². The molecule has 0 radical (unpaired) electrons. The van der Waals surface area contributed by atoms with E-state index in [9.17, 15) is 4.79 Å². The molecule has 0 N–H and O–H groups in total. The van der Waals surface area contributed by atoms with Gasteiger partial charge in [-0.15, -0.1) is 0 Å². The number of amides is 1. The van der Waals surface area contributed by atoms with E-state index in [1.807, 2.05) is 12.1 Å². The number of anilines is 2. The summed E-state index contributed by atoms with van der Waals surface area (Å²) in [6.45, 7) is 6.52. The van der Waals surface area contributed by atoms with Gasteiger partial charge in [0.25, 0.3) is 5.91 Å². The number of nitrogens with zero attached hydrogens (tertiary/aromatic N) is 6. The minimum Gasteiger partial charge on any atom is -0.432 e. The van der Waals surface area contributed by atoms with Crippen molar-refractivity contribution >= 4 is 17.7 Å². The minimum absolute atomic E-state index is 0.154. The Balaban J connectivity index is 1.55. The number of pyridine rings is 1. The summed E-state index contributed by atoms with van der Waals surface area (Å²) in [6.07, 6.45) is 7.56. The van der Waals surface area contributed by atoms with E-state index in [0.717, 1.165) is 31.0 Å². The van der Waals surface area contributed by atoms with Gasteiger partial charge in [0, 0.05) is 19.3 Å². The van der Waals surface area contributed by atoms with Crippen LogP contribution >= 0.6 is 0 Å². The summed E-state index contributed by atoms with van der Waals surface area (Å²) in [6, 6.07) is 4.25. The van der Waals surface area contributed by atoms with Crippen LogP contribution in [0.4, 0.5) is 11.8 Å². The molecule has 0 fully saturated rings. The first kappa shape index (κ1) is 16.3. The monoisotopic (exact) mass is 352 g/mol. The van der Waals surface area contributed by atoms with Gasteiger partial charge >= 0.3 is 6.01 Å². The van der Waals surface area contributed by atoms with Crippen LogP contribution in [-0.4, -0.2) is 38.7 Å². The highest BCUT2D eigenvalue weighted by Crippen LogP contribution is 2.27. The molecule has 0 saturated heterocycles. The number of carbonyl (C=O) groups is 1. The molecule has 134 valence electrons. The second-order valence-corrected chi connectivity index (χ2v) is 6.09. The fourth-order valence-corrected chi connectivity index (χ4v) is 3.11. The summed E-state index contributed by atoms with van der Waals surface area (Å²) in [4.78, 5) is 24.8. The Bertz CT molecular complexity index is 900. The second kappa shape index (κ2) is 6.62. The number of carbonyl (C=O) groups excluding carboxylic acids is 1. The topological polar surface area (TPSA) is 80.3 Å². The molecule has 26 heavy (non-hydrogen) atoms. The smallest absolute Gasteiger partial charge is 0.304 e. The molecule has 0 saturated carbocycles. The Labute approximate surface area is 151 Å². The lowest BCUT2D eigenvalue weighted by Gasteiger charge is -2.21. The van der Waals surface area contributed by atoms with Crippen molar-refractivity contribution in [1.29, 1.82) is 0 Å². The predicted molar refractivity (Wildman–Crippen MR) is 96.6 cm³/mol. The third kappa shape index (κ3) is 2.73. The summed E-state index contributed by atoms with van der Waals surface area (Å²) in [5.41, 5.74) is 2.10. The Morgan fingerprint density at radius 2 is 2.15 bits per heavy atom. The van der Waals surface area contributed by atoms with Crippen molar-refractivity contribution in [3.8, 4) is 5.69 Å². The highest BCUT2D eigenvalue weighted by atomic mass is 16.4. The van der Waals surface area contributed by atoms with Crippen LogP contribution in [0.2, 0.25) is 0 Å². The third-order valence-electron chi connectivity index (χ3n) is 4.42. The fraction of sp³-hybridized carbons (Fsp3) is 0.333. The van der Waals surface area contributed by atoms with E-state index in [4.69, 9.17) is 4.42 Å². The molecule has 1 aliphatic heterocycles. The maximum Gasteiger partial charge on any atom is 0.304 e. The van der Waals surface area contributed by atoms with Crippen molar-refractivity contribution < 1.29 is 9.21 Å². The molecule has 3 aromatic rings. The largest absolute Gasteiger partial charge is 0.432 e. The molecule has 0 unspecified atom stereocenters. The van der Waals surface area contributed by atoms with Crippen molar-refractivity contribution in [3.05, 3.63) is 48.2 Å². The highest BCUT2D eigenvalue weighted by Gasteiger charge is 2.34. The van der Waals surface area contributed by atoms with Gasteiger partial charge in [-0.2, -0.15) is 5.10 Å². The molecule has 8 heteroatoms. The zero-order valence-electron chi connectivity index (χ0n) is 14.8. The van der Waals surface area contributed by atoms with Gasteiger partial charge in [-0.25, -0.2) is 14.6 Å². The van der Waals surface area contributed by atoms with E-state index in [-0.39, 0.29) is 5.91 Å². The lowest BCUT2D eigenvalue weighted by molar-refractivity contribution is 0.0991. The zero-order chi connectivity index (χ0) is 18.1. The molecule has 0 spiro atoms. The van der Waals surface area contributed by atoms with E-state index in [2.05, 4.69) is 33.8 Å². The number of hydrogen-bond acceptors (Lipinski definition) is 6. The van der Waals surface area contributed by atoms with Crippen LogP contribution in [0.15, 0.2) is 41.4 Å². The summed E-state index contributed by atoms with van der Waals surface area (Å²) >= 11 is 0. The van der Waals surface area contributed by atoms with Crippen LogP contribution < -0.4 is 9.80 Å². The summed E-state index contributed by atoms with van der Waals surface area (Å²) < 4.78 is 6.91. The van der Waals surface area contributed by atoms with Crippen LogP contribution in [0.1, 0.15) is 36.3 Å². The number of fused-ring (bicyclic) bond motifs is 1. The molecule has 3 aromatic heterocycles. The lowest BCUT2D eigenvalue weighted by Crippen LogP contribution is -2.24. The van der Waals surface area contributed by atoms with Crippen molar-refractivity contribution in [1.82, 2.24) is 19.7 Å². The number of aromatic nitrogens is 4. The molecule has 4 heterocycles. The van der Waals surface area contributed by atoms with Gasteiger partial charge in [0.05, 0.1) is 35.9 Å². The Morgan fingerprint density at radius 1 is 1.27 bits per heavy atom. The fourth-order valence-electron chi connectivity index (χ4n) is 3.11. The van der Waals surface area contributed by atoms with Crippen LogP contribution in [0.5, 0.6) is 0 Å². The van der Waals surface area contributed by atoms with Crippen LogP contribution in [-0.2, 0) is 6.54 Å². The van der Waals surface area contributed by atoms with E-state index in [1.165, 1.54) is 17.4 Å². The third-order valence-corrected chi connectivity index (χ3v) is 4.42. The molecule has 1 amide bonds. The van der Waals surface area contributed by atoms with E-state index in [1.54, 1.807) is 17.1 Å². The lowest BCUT2D eigenvalue weighted by atomic mass is 10.3. The average molecular weight is 352 g/mol. The van der Waals surface area contributed by atoms with Crippen molar-refractivity contribution in [2.24, 2.45) is 0 Å². The Morgan fingerprint density at radius 3 is 2.77 bits per heavy atom. The van der Waals surface area contributed by atoms with Gasteiger partial charge in [-0.3, -0.25) is 9.69 Å². The first-order chi connectivity index (χ1) is 12.7. The van der Waals surface area contributed by atoms with Crippen LogP contribution in [0.3, 0.4) is 0 Å². The second-order valence-electron chi connectivity index (χ2n) is 6.09. The quantitative estimate of drug-likeness (QED) is 0.678. The average Bonchev–Trinajstić information content (AvgIpc) is 3.38. The van der Waals surface area contributed by atoms with E-state index in [0.29, 0.717) is 23.8 Å². The maximum atomic E-state index is 12.5. The maximum absolute atomic E-state index is 12.5. The summed E-state index contributed by atoms with van der Waals surface area (Å²) in [5.74, 6) is 0.794. The minimum atomic E-state index is -0.154. The van der Waals surface area contributed by atoms with Gasteiger partial charge in [-0.1, -0.05) is 6.92 Å². The normalized spacial score (nSPS) is 13.3. The van der Waals surface area contributed by atoms with E-state index < -0.39 is 0 Å². The van der Waals surface area contributed by atoms with E-state index >= 15 is 0 Å². The molecule has 1 aliphatic rings. The van der Waals surface area contributed by atoms with Crippen LogP contribution in [0, 0.1) is 0 Å². The van der Waals surface area contributed by atoms with Crippen LogP contribution in [0.25, 0.3) is 5.69 Å². The zero-order valence-corrected chi connectivity index (χ0v) is 14.8. The highest BCUT2D eigenvalue weighted by molar-refractivity contribution is 6.08. The molecular weight excluding hydrogens is 332 g/mol. The van der Waals surface area contributed by atoms with Gasteiger partial charge in [0.15, 0.2) is 0 Å².